The lowest BCUT2D eigenvalue weighted by molar-refractivity contribution is 0.488. The highest BCUT2D eigenvalue weighted by Crippen LogP contribution is 2.07. The summed E-state index contributed by atoms with van der Waals surface area (Å²) >= 11 is 0. The Morgan fingerprint density at radius 3 is 2.71 bits per heavy atom. The van der Waals surface area contributed by atoms with E-state index in [2.05, 4.69) is 15.5 Å². The summed E-state index contributed by atoms with van der Waals surface area (Å²) in [7, 11) is -3.03. The Hall–Kier alpha value is -1.02. The standard InChI is InChI=1S/C6H13N5O2S/c1-5(4-14(2,12)13)11-6(3-7)8-9-10-11/h5H,3-4,7H2,1-2H3. The van der Waals surface area contributed by atoms with Crippen LogP contribution in [0.4, 0.5) is 0 Å². The predicted octanol–water partition coefficient (Wildman–Crippen LogP) is -1.26. The Kier molecular flexibility index (Phi) is 3.17. The maximum absolute atomic E-state index is 11.0. The molecular formula is C6H13N5O2S. The van der Waals surface area contributed by atoms with Gasteiger partial charge < -0.3 is 5.73 Å². The molecule has 1 rings (SSSR count). The van der Waals surface area contributed by atoms with Crippen LogP contribution < -0.4 is 5.73 Å². The Morgan fingerprint density at radius 2 is 2.21 bits per heavy atom. The maximum Gasteiger partial charge on any atom is 0.165 e. The van der Waals surface area contributed by atoms with Crippen LogP contribution in [-0.2, 0) is 16.4 Å². The quantitative estimate of drug-likeness (QED) is 0.677. The number of sulfone groups is 1. The third kappa shape index (κ3) is 2.74. The molecule has 0 aromatic carbocycles. The molecule has 0 aliphatic carbocycles. The fraction of sp³-hybridized carbons (Fsp3) is 0.833. The first-order valence-corrected chi connectivity index (χ1v) is 6.14. The minimum absolute atomic E-state index is 0.00500. The summed E-state index contributed by atoms with van der Waals surface area (Å²) in [6.07, 6.45) is 1.18. The summed E-state index contributed by atoms with van der Waals surface area (Å²) in [6.45, 7) is 1.93. The zero-order valence-electron chi connectivity index (χ0n) is 8.08. The van der Waals surface area contributed by atoms with Crippen molar-refractivity contribution in [1.82, 2.24) is 20.2 Å². The minimum atomic E-state index is -3.03. The summed E-state index contributed by atoms with van der Waals surface area (Å²) in [6, 6.07) is -0.293. The normalized spacial score (nSPS) is 14.2. The number of tetrazole rings is 1. The van der Waals surface area contributed by atoms with Gasteiger partial charge in [0.1, 0.15) is 9.84 Å². The van der Waals surface area contributed by atoms with E-state index in [0.717, 1.165) is 0 Å². The molecule has 0 fully saturated rings. The Labute approximate surface area is 82.2 Å². The molecular weight excluding hydrogens is 206 g/mol. The Morgan fingerprint density at radius 1 is 1.57 bits per heavy atom. The van der Waals surface area contributed by atoms with E-state index in [1.807, 2.05) is 0 Å². The van der Waals surface area contributed by atoms with Crippen molar-refractivity contribution in [2.75, 3.05) is 12.0 Å². The molecule has 0 aliphatic rings. The van der Waals surface area contributed by atoms with Crippen LogP contribution in [0.15, 0.2) is 0 Å². The molecule has 0 aliphatic heterocycles. The number of nitrogens with zero attached hydrogens (tertiary/aromatic N) is 4. The van der Waals surface area contributed by atoms with Crippen molar-refractivity contribution in [2.45, 2.75) is 19.5 Å². The van der Waals surface area contributed by atoms with Crippen molar-refractivity contribution in [2.24, 2.45) is 5.73 Å². The van der Waals surface area contributed by atoms with Crippen molar-refractivity contribution in [1.29, 1.82) is 0 Å². The van der Waals surface area contributed by atoms with Gasteiger partial charge in [-0.05, 0) is 17.4 Å². The van der Waals surface area contributed by atoms with Gasteiger partial charge in [-0.3, -0.25) is 0 Å². The lowest BCUT2D eigenvalue weighted by atomic mass is 10.4. The summed E-state index contributed by atoms with van der Waals surface area (Å²) in [5.74, 6) is 0.492. The number of nitrogens with two attached hydrogens (primary N) is 1. The second-order valence-electron chi connectivity index (χ2n) is 3.19. The maximum atomic E-state index is 11.0. The second kappa shape index (κ2) is 4.01. The van der Waals surface area contributed by atoms with Crippen molar-refractivity contribution in [3.05, 3.63) is 5.82 Å². The molecule has 1 unspecified atom stereocenters. The molecule has 1 atom stereocenters. The van der Waals surface area contributed by atoms with Crippen molar-refractivity contribution >= 4 is 9.84 Å². The lowest BCUT2D eigenvalue weighted by Crippen LogP contribution is -2.20. The molecule has 7 nitrogen and oxygen atoms in total. The molecule has 0 bridgehead atoms. The fourth-order valence-electron chi connectivity index (χ4n) is 1.20. The Balaban J connectivity index is 2.84. The number of rotatable bonds is 4. The van der Waals surface area contributed by atoms with Gasteiger partial charge in [0.15, 0.2) is 5.82 Å². The van der Waals surface area contributed by atoms with Crippen LogP contribution >= 0.6 is 0 Å². The van der Waals surface area contributed by atoms with Gasteiger partial charge in [0.05, 0.1) is 18.3 Å². The summed E-state index contributed by atoms with van der Waals surface area (Å²) in [5, 5.41) is 10.8. The Bertz CT molecular complexity index is 398. The molecule has 2 N–H and O–H groups in total. The van der Waals surface area contributed by atoms with E-state index in [9.17, 15) is 8.42 Å². The average molecular weight is 219 g/mol. The van der Waals surface area contributed by atoms with Crippen LogP contribution in [0.1, 0.15) is 18.8 Å². The molecule has 0 radical (unpaired) electrons. The van der Waals surface area contributed by atoms with Crippen molar-refractivity contribution < 1.29 is 8.42 Å². The zero-order valence-corrected chi connectivity index (χ0v) is 8.90. The molecule has 1 aromatic heterocycles. The molecule has 1 heterocycles. The molecule has 1 aromatic rings. The van der Waals surface area contributed by atoms with Crippen LogP contribution in [0, 0.1) is 0 Å². The van der Waals surface area contributed by atoms with Gasteiger partial charge in [0, 0.05) is 6.26 Å². The third-order valence-corrected chi connectivity index (χ3v) is 2.79. The third-order valence-electron chi connectivity index (χ3n) is 1.71. The van der Waals surface area contributed by atoms with Crippen LogP contribution in [0.2, 0.25) is 0 Å². The van der Waals surface area contributed by atoms with E-state index in [1.54, 1.807) is 6.92 Å². The molecule has 80 valence electrons. The van der Waals surface area contributed by atoms with E-state index >= 15 is 0 Å². The minimum Gasteiger partial charge on any atom is -0.324 e. The highest BCUT2D eigenvalue weighted by Gasteiger charge is 2.16. The van der Waals surface area contributed by atoms with Gasteiger partial charge >= 0.3 is 0 Å². The van der Waals surface area contributed by atoms with Gasteiger partial charge in [0.2, 0.25) is 0 Å². The molecule has 0 spiro atoms. The van der Waals surface area contributed by atoms with Gasteiger partial charge in [-0.1, -0.05) is 0 Å². The largest absolute Gasteiger partial charge is 0.324 e. The lowest BCUT2D eigenvalue weighted by Gasteiger charge is -2.10. The first kappa shape index (κ1) is 11.1. The monoisotopic (exact) mass is 219 g/mol. The topological polar surface area (TPSA) is 104 Å². The first-order valence-electron chi connectivity index (χ1n) is 4.08. The smallest absolute Gasteiger partial charge is 0.165 e. The predicted molar refractivity (Wildman–Crippen MR) is 50.1 cm³/mol. The summed E-state index contributed by atoms with van der Waals surface area (Å²) in [4.78, 5) is 0. The molecule has 8 heteroatoms. The number of aromatic nitrogens is 4. The SMILES string of the molecule is CC(CS(C)(=O)=O)n1nnnc1CN. The van der Waals surface area contributed by atoms with E-state index in [4.69, 9.17) is 5.73 Å². The van der Waals surface area contributed by atoms with Crippen LogP contribution in [0.3, 0.4) is 0 Å². The van der Waals surface area contributed by atoms with E-state index < -0.39 is 9.84 Å². The zero-order chi connectivity index (χ0) is 10.8. The van der Waals surface area contributed by atoms with E-state index in [0.29, 0.717) is 5.82 Å². The van der Waals surface area contributed by atoms with Crippen molar-refractivity contribution in [3.8, 4) is 0 Å². The van der Waals surface area contributed by atoms with Crippen LogP contribution in [0.25, 0.3) is 0 Å². The highest BCUT2D eigenvalue weighted by atomic mass is 32.2. The van der Waals surface area contributed by atoms with Gasteiger partial charge in [0.25, 0.3) is 0 Å². The second-order valence-corrected chi connectivity index (χ2v) is 5.37. The van der Waals surface area contributed by atoms with E-state index in [1.165, 1.54) is 10.9 Å². The van der Waals surface area contributed by atoms with Gasteiger partial charge in [-0.25, -0.2) is 13.1 Å². The van der Waals surface area contributed by atoms with Gasteiger partial charge in [-0.2, -0.15) is 0 Å². The average Bonchev–Trinajstić information content (AvgIpc) is 2.47. The summed E-state index contributed by atoms with van der Waals surface area (Å²) < 4.78 is 23.5. The van der Waals surface area contributed by atoms with Crippen LogP contribution in [0.5, 0.6) is 0 Å². The summed E-state index contributed by atoms with van der Waals surface area (Å²) in [5.41, 5.74) is 5.38. The number of hydrogen-bond donors (Lipinski definition) is 1. The van der Waals surface area contributed by atoms with Crippen molar-refractivity contribution in [3.63, 3.8) is 0 Å². The number of hydrogen-bond acceptors (Lipinski definition) is 6. The molecule has 0 saturated heterocycles. The molecule has 0 amide bonds. The van der Waals surface area contributed by atoms with Crippen LogP contribution in [-0.4, -0.2) is 40.6 Å². The highest BCUT2D eigenvalue weighted by molar-refractivity contribution is 7.90. The molecule has 0 saturated carbocycles. The molecule has 14 heavy (non-hydrogen) atoms. The van der Waals surface area contributed by atoms with E-state index in [-0.39, 0.29) is 18.3 Å². The fourth-order valence-corrected chi connectivity index (χ4v) is 2.22. The van der Waals surface area contributed by atoms with Gasteiger partial charge in [-0.15, -0.1) is 5.10 Å². The first-order chi connectivity index (χ1) is 6.44.